The quantitative estimate of drug-likeness (QED) is 0.472. The number of rotatable bonds is 3. The van der Waals surface area contributed by atoms with Crippen LogP contribution in [0.2, 0.25) is 0 Å². The molecule has 34 heavy (non-hydrogen) atoms. The van der Waals surface area contributed by atoms with Crippen molar-refractivity contribution in [2.45, 2.75) is 31.7 Å². The van der Waals surface area contributed by atoms with Crippen LogP contribution in [0.25, 0.3) is 33.1 Å². The number of hydrogen-bond donors (Lipinski definition) is 1. The Kier molecular flexibility index (Phi) is 4.79. The highest BCUT2D eigenvalue weighted by atomic mass is 19.1. The van der Waals surface area contributed by atoms with Crippen LogP contribution in [0.1, 0.15) is 31.7 Å². The molecule has 8 nitrogen and oxygen atoms in total. The second kappa shape index (κ2) is 7.86. The van der Waals surface area contributed by atoms with E-state index >= 15 is 4.39 Å². The van der Waals surface area contributed by atoms with Crippen LogP contribution in [-0.2, 0) is 4.79 Å². The fraction of sp³-hybridized carbons (Fsp3) is 0.320. The summed E-state index contributed by atoms with van der Waals surface area (Å²) in [7, 11) is 0. The fourth-order valence-electron chi connectivity index (χ4n) is 4.92. The molecule has 1 aliphatic carbocycles. The summed E-state index contributed by atoms with van der Waals surface area (Å²) in [5, 5.41) is 0.646. The van der Waals surface area contributed by atoms with E-state index in [9.17, 15) is 9.59 Å². The number of piperidine rings is 1. The number of aromatic nitrogens is 4. The maximum Gasteiger partial charge on any atom is 0.269 e. The molecule has 1 aliphatic heterocycles. The molecule has 0 unspecified atom stereocenters. The van der Waals surface area contributed by atoms with Gasteiger partial charge in [-0.2, -0.15) is 0 Å². The molecule has 4 heterocycles. The molecule has 1 aromatic carbocycles. The molecule has 2 N–H and O–H groups in total. The highest BCUT2D eigenvalue weighted by Crippen LogP contribution is 2.35. The van der Waals surface area contributed by atoms with Crippen LogP contribution in [0.3, 0.4) is 0 Å². The van der Waals surface area contributed by atoms with Gasteiger partial charge in [-0.1, -0.05) is 0 Å². The number of pyridine rings is 2. The first-order valence-electron chi connectivity index (χ1n) is 11.5. The maximum atomic E-state index is 15.0. The Balaban J connectivity index is 1.48. The lowest BCUT2D eigenvalue weighted by atomic mass is 10.0. The Morgan fingerprint density at radius 3 is 2.44 bits per heavy atom. The van der Waals surface area contributed by atoms with Crippen molar-refractivity contribution >= 4 is 33.7 Å². The third-order valence-electron chi connectivity index (χ3n) is 6.87. The second-order valence-electron chi connectivity index (χ2n) is 9.11. The molecular formula is C25H23FN6O2. The van der Waals surface area contributed by atoms with Gasteiger partial charge in [-0.25, -0.2) is 14.4 Å². The van der Waals surface area contributed by atoms with Gasteiger partial charge < -0.3 is 15.2 Å². The number of halogens is 1. The lowest BCUT2D eigenvalue weighted by Crippen LogP contribution is -2.41. The molecule has 1 amide bonds. The van der Waals surface area contributed by atoms with Crippen LogP contribution in [0.5, 0.6) is 0 Å². The fourth-order valence-corrected chi connectivity index (χ4v) is 4.92. The van der Waals surface area contributed by atoms with Crippen LogP contribution in [0.15, 0.2) is 47.7 Å². The lowest BCUT2D eigenvalue weighted by molar-refractivity contribution is -0.133. The van der Waals surface area contributed by atoms with Gasteiger partial charge in [-0.3, -0.25) is 14.6 Å². The number of likely N-dealkylation sites (tertiary alicyclic amines) is 1. The second-order valence-corrected chi connectivity index (χ2v) is 9.11. The zero-order chi connectivity index (χ0) is 23.4. The van der Waals surface area contributed by atoms with Crippen LogP contribution in [0.4, 0.5) is 10.2 Å². The third-order valence-corrected chi connectivity index (χ3v) is 6.87. The van der Waals surface area contributed by atoms with Gasteiger partial charge in [0.15, 0.2) is 0 Å². The zero-order valence-electron chi connectivity index (χ0n) is 18.4. The monoisotopic (exact) mass is 458 g/mol. The predicted octanol–water partition coefficient (Wildman–Crippen LogP) is 3.30. The van der Waals surface area contributed by atoms with Gasteiger partial charge in [-0.15, -0.1) is 0 Å². The number of anilines is 1. The number of carbonyl (C=O) groups excluding carboxylic acids is 1. The summed E-state index contributed by atoms with van der Waals surface area (Å²) in [6.07, 6.45) is 7.73. The number of nitrogen functional groups attached to an aromatic ring is 1. The minimum atomic E-state index is -0.435. The SMILES string of the molecule is Nc1ccc(-c2cc3c(cc2F)ncc2ncc(=O)n(C4CCN(C(=O)C5CC5)CC4)c23)cn1. The molecule has 1 saturated heterocycles. The zero-order valence-corrected chi connectivity index (χ0v) is 18.4. The average Bonchev–Trinajstić information content (AvgIpc) is 3.69. The van der Waals surface area contributed by atoms with E-state index in [1.165, 1.54) is 18.5 Å². The topological polar surface area (TPSA) is 107 Å². The van der Waals surface area contributed by atoms with Crippen molar-refractivity contribution < 1.29 is 9.18 Å². The number of hydrogen-bond acceptors (Lipinski definition) is 6. The van der Waals surface area contributed by atoms with Crippen molar-refractivity contribution in [2.75, 3.05) is 18.8 Å². The Bertz CT molecular complexity index is 1490. The smallest absolute Gasteiger partial charge is 0.269 e. The molecule has 0 bridgehead atoms. The van der Waals surface area contributed by atoms with E-state index in [4.69, 9.17) is 5.73 Å². The van der Waals surface area contributed by atoms with Crippen LogP contribution < -0.4 is 11.3 Å². The van der Waals surface area contributed by atoms with E-state index < -0.39 is 5.82 Å². The van der Waals surface area contributed by atoms with Gasteiger partial charge in [-0.05, 0) is 43.9 Å². The number of nitrogens with zero attached hydrogens (tertiary/aromatic N) is 5. The molecule has 0 atom stereocenters. The van der Waals surface area contributed by atoms with Gasteiger partial charge in [0, 0.05) is 53.8 Å². The normalized spacial score (nSPS) is 16.9. The predicted molar refractivity (Wildman–Crippen MR) is 126 cm³/mol. The minimum Gasteiger partial charge on any atom is -0.384 e. The lowest BCUT2D eigenvalue weighted by Gasteiger charge is -2.33. The number of benzene rings is 1. The first kappa shape index (κ1) is 20.7. The van der Waals surface area contributed by atoms with Crippen molar-refractivity contribution in [3.05, 3.63) is 59.0 Å². The average molecular weight is 458 g/mol. The van der Waals surface area contributed by atoms with E-state index in [1.807, 2.05) is 4.90 Å². The molecular weight excluding hydrogens is 435 g/mol. The highest BCUT2D eigenvalue weighted by molar-refractivity contribution is 6.03. The summed E-state index contributed by atoms with van der Waals surface area (Å²) >= 11 is 0. The van der Waals surface area contributed by atoms with E-state index in [1.54, 1.807) is 29.0 Å². The van der Waals surface area contributed by atoms with Gasteiger partial charge in [0.2, 0.25) is 5.91 Å². The Morgan fingerprint density at radius 2 is 1.74 bits per heavy atom. The molecule has 2 fully saturated rings. The third kappa shape index (κ3) is 3.48. The van der Waals surface area contributed by atoms with Gasteiger partial charge >= 0.3 is 0 Å². The molecule has 1 saturated carbocycles. The first-order chi connectivity index (χ1) is 16.5. The molecule has 6 rings (SSSR count). The molecule has 172 valence electrons. The molecule has 9 heteroatoms. The Hall–Kier alpha value is -3.88. The number of fused-ring (bicyclic) bond motifs is 3. The van der Waals surface area contributed by atoms with E-state index in [2.05, 4.69) is 15.0 Å². The molecule has 4 aromatic rings. The van der Waals surface area contributed by atoms with Crippen molar-refractivity contribution in [3.8, 4) is 11.1 Å². The summed E-state index contributed by atoms with van der Waals surface area (Å²) in [5.74, 6) is 0.335. The van der Waals surface area contributed by atoms with Crippen LogP contribution in [-0.4, -0.2) is 43.4 Å². The highest BCUT2D eigenvalue weighted by Gasteiger charge is 2.35. The molecule has 0 radical (unpaired) electrons. The number of amides is 1. The summed E-state index contributed by atoms with van der Waals surface area (Å²) in [4.78, 5) is 40.2. The minimum absolute atomic E-state index is 0.0847. The summed E-state index contributed by atoms with van der Waals surface area (Å²) in [5.41, 5.74) is 8.05. The van der Waals surface area contributed by atoms with Crippen molar-refractivity contribution in [1.82, 2.24) is 24.4 Å². The maximum absolute atomic E-state index is 15.0. The van der Waals surface area contributed by atoms with Crippen molar-refractivity contribution in [1.29, 1.82) is 0 Å². The number of carbonyl (C=O) groups is 1. The summed E-state index contributed by atoms with van der Waals surface area (Å²) in [6.45, 7) is 1.24. The van der Waals surface area contributed by atoms with Crippen LogP contribution >= 0.6 is 0 Å². The summed E-state index contributed by atoms with van der Waals surface area (Å²) < 4.78 is 16.8. The largest absolute Gasteiger partial charge is 0.384 e. The Labute approximate surface area is 194 Å². The standard InChI is InChI=1S/C25H23FN6O2/c26-19-10-20-18(9-17(19)15-3-4-22(27)30-11-15)24-21(12-28-20)29-13-23(33)32(24)16-5-7-31(8-6-16)25(34)14-1-2-14/h3-4,9-14,16H,1-2,5-8H2,(H2,27,30). The Morgan fingerprint density at radius 1 is 0.971 bits per heavy atom. The molecule has 2 aliphatic rings. The van der Waals surface area contributed by atoms with Crippen molar-refractivity contribution in [2.24, 2.45) is 5.92 Å². The van der Waals surface area contributed by atoms with Crippen molar-refractivity contribution in [3.63, 3.8) is 0 Å². The summed E-state index contributed by atoms with van der Waals surface area (Å²) in [6, 6.07) is 6.33. The van der Waals surface area contributed by atoms with Crippen LogP contribution in [0, 0.1) is 11.7 Å². The van der Waals surface area contributed by atoms with Gasteiger partial charge in [0.25, 0.3) is 5.56 Å². The van der Waals surface area contributed by atoms with Gasteiger partial charge in [0.1, 0.15) is 17.2 Å². The number of nitrogens with two attached hydrogens (primary N) is 1. The van der Waals surface area contributed by atoms with E-state index in [0.717, 1.165) is 12.8 Å². The first-order valence-corrected chi connectivity index (χ1v) is 11.5. The van der Waals surface area contributed by atoms with Gasteiger partial charge in [0.05, 0.1) is 23.4 Å². The van der Waals surface area contributed by atoms with E-state index in [-0.39, 0.29) is 23.4 Å². The van der Waals surface area contributed by atoms with E-state index in [0.29, 0.717) is 64.8 Å². The molecule has 3 aromatic heterocycles. The molecule has 0 spiro atoms.